The quantitative estimate of drug-likeness (QED) is 0.457. The molecule has 1 atom stereocenters. The Morgan fingerprint density at radius 3 is 2.39 bits per heavy atom. The molecule has 0 radical (unpaired) electrons. The molecule has 0 saturated heterocycles. The normalized spacial score (nSPS) is 12.2. The lowest BCUT2D eigenvalue weighted by molar-refractivity contribution is -0.134. The summed E-state index contributed by atoms with van der Waals surface area (Å²) >= 11 is 0. The third-order valence-corrected chi connectivity index (χ3v) is 5.18. The topological polar surface area (TPSA) is 122 Å². The number of rotatable bonds is 10. The van der Waals surface area contributed by atoms with Crippen molar-refractivity contribution in [2.75, 3.05) is 11.9 Å². The molecule has 9 nitrogen and oxygen atoms in total. The SMILES string of the molecule is CCCn1c(=O)c2[nH]c(C(C)Cc3ccc(NCC(=O)O)cc3)nc2n(CCC)c1=O. The number of anilines is 1. The fourth-order valence-corrected chi connectivity index (χ4v) is 3.65. The molecule has 166 valence electrons. The van der Waals surface area contributed by atoms with Crippen LogP contribution in [0.1, 0.15) is 50.9 Å². The Hall–Kier alpha value is -3.36. The number of carboxylic acid groups (broad SMARTS) is 1. The van der Waals surface area contributed by atoms with E-state index in [-0.39, 0.29) is 23.7 Å². The van der Waals surface area contributed by atoms with Crippen molar-refractivity contribution >= 4 is 22.8 Å². The molecule has 0 fully saturated rings. The predicted octanol–water partition coefficient (Wildman–Crippen LogP) is 2.55. The van der Waals surface area contributed by atoms with Crippen LogP contribution < -0.4 is 16.6 Å². The van der Waals surface area contributed by atoms with E-state index in [1.165, 1.54) is 4.57 Å². The Balaban J connectivity index is 1.89. The van der Waals surface area contributed by atoms with Gasteiger partial charge in [0.15, 0.2) is 5.65 Å². The minimum atomic E-state index is -0.915. The van der Waals surface area contributed by atoms with E-state index in [1.807, 2.05) is 45.0 Å². The van der Waals surface area contributed by atoms with Crippen molar-refractivity contribution in [2.45, 2.75) is 59.0 Å². The van der Waals surface area contributed by atoms with Gasteiger partial charge in [-0.1, -0.05) is 32.9 Å². The molecular formula is C22H29N5O4. The van der Waals surface area contributed by atoms with Crippen LogP contribution in [-0.4, -0.2) is 36.7 Å². The number of aryl methyl sites for hydroxylation is 1. The van der Waals surface area contributed by atoms with Gasteiger partial charge in [-0.15, -0.1) is 0 Å². The molecule has 3 rings (SSSR count). The second-order valence-electron chi connectivity index (χ2n) is 7.76. The summed E-state index contributed by atoms with van der Waals surface area (Å²) in [7, 11) is 0. The summed E-state index contributed by atoms with van der Waals surface area (Å²) in [5.74, 6) is -0.254. The number of carboxylic acids is 1. The van der Waals surface area contributed by atoms with Crippen molar-refractivity contribution in [3.63, 3.8) is 0 Å². The highest BCUT2D eigenvalue weighted by Gasteiger charge is 2.19. The minimum Gasteiger partial charge on any atom is -0.480 e. The molecule has 0 aliphatic carbocycles. The Kier molecular flexibility index (Phi) is 6.94. The highest BCUT2D eigenvalue weighted by atomic mass is 16.4. The van der Waals surface area contributed by atoms with Gasteiger partial charge in [0.1, 0.15) is 17.9 Å². The lowest BCUT2D eigenvalue weighted by atomic mass is 10.0. The first-order valence-electron chi connectivity index (χ1n) is 10.6. The molecule has 9 heteroatoms. The molecule has 1 unspecified atom stereocenters. The molecule has 0 amide bonds. The first-order valence-corrected chi connectivity index (χ1v) is 10.6. The fourth-order valence-electron chi connectivity index (χ4n) is 3.65. The Labute approximate surface area is 179 Å². The second-order valence-corrected chi connectivity index (χ2v) is 7.76. The van der Waals surface area contributed by atoms with Gasteiger partial charge >= 0.3 is 11.7 Å². The molecule has 0 aliphatic rings. The van der Waals surface area contributed by atoms with E-state index in [2.05, 4.69) is 15.3 Å². The van der Waals surface area contributed by atoms with Crippen molar-refractivity contribution in [1.82, 2.24) is 19.1 Å². The number of hydrogen-bond donors (Lipinski definition) is 3. The van der Waals surface area contributed by atoms with Crippen LogP contribution in [-0.2, 0) is 24.3 Å². The van der Waals surface area contributed by atoms with Gasteiger partial charge in [-0.2, -0.15) is 0 Å². The summed E-state index contributed by atoms with van der Waals surface area (Å²) in [5, 5.41) is 11.6. The van der Waals surface area contributed by atoms with Gasteiger partial charge in [0.2, 0.25) is 0 Å². The summed E-state index contributed by atoms with van der Waals surface area (Å²) in [6.45, 7) is 6.68. The van der Waals surface area contributed by atoms with Gasteiger partial charge in [-0.25, -0.2) is 9.78 Å². The zero-order valence-corrected chi connectivity index (χ0v) is 18.1. The maximum absolute atomic E-state index is 12.9. The molecule has 31 heavy (non-hydrogen) atoms. The lowest BCUT2D eigenvalue weighted by Crippen LogP contribution is -2.40. The number of hydrogen-bond acceptors (Lipinski definition) is 5. The van der Waals surface area contributed by atoms with Crippen LogP contribution in [0.3, 0.4) is 0 Å². The zero-order chi connectivity index (χ0) is 22.5. The minimum absolute atomic E-state index is 0.00516. The van der Waals surface area contributed by atoms with Gasteiger partial charge < -0.3 is 15.4 Å². The van der Waals surface area contributed by atoms with Crippen molar-refractivity contribution in [3.05, 3.63) is 56.5 Å². The van der Waals surface area contributed by atoms with Gasteiger partial charge in [-0.05, 0) is 37.0 Å². The summed E-state index contributed by atoms with van der Waals surface area (Å²) in [6.07, 6.45) is 2.14. The average Bonchev–Trinajstić information content (AvgIpc) is 3.19. The fraction of sp³-hybridized carbons (Fsp3) is 0.455. The third kappa shape index (κ3) is 4.87. The summed E-state index contributed by atoms with van der Waals surface area (Å²) in [6, 6.07) is 7.55. The Morgan fingerprint density at radius 2 is 1.77 bits per heavy atom. The van der Waals surface area contributed by atoms with Crippen molar-refractivity contribution < 1.29 is 9.90 Å². The summed E-state index contributed by atoms with van der Waals surface area (Å²) in [5.41, 5.74) is 1.95. The van der Waals surface area contributed by atoms with E-state index in [0.29, 0.717) is 42.9 Å². The van der Waals surface area contributed by atoms with Crippen molar-refractivity contribution in [1.29, 1.82) is 0 Å². The number of carbonyl (C=O) groups is 1. The van der Waals surface area contributed by atoms with Crippen LogP contribution in [0, 0.1) is 0 Å². The summed E-state index contributed by atoms with van der Waals surface area (Å²) in [4.78, 5) is 44.1. The first-order chi connectivity index (χ1) is 14.8. The van der Waals surface area contributed by atoms with Gasteiger partial charge in [0.25, 0.3) is 5.56 Å². The molecule has 3 N–H and O–H groups in total. The number of fused-ring (bicyclic) bond motifs is 1. The molecule has 2 heterocycles. The number of nitrogens with zero attached hydrogens (tertiary/aromatic N) is 3. The molecule has 0 spiro atoms. The second kappa shape index (κ2) is 9.63. The van der Waals surface area contributed by atoms with Gasteiger partial charge in [0.05, 0.1) is 0 Å². The average molecular weight is 428 g/mol. The zero-order valence-electron chi connectivity index (χ0n) is 18.1. The van der Waals surface area contributed by atoms with Crippen molar-refractivity contribution in [3.8, 4) is 0 Å². The maximum Gasteiger partial charge on any atom is 0.332 e. The van der Waals surface area contributed by atoms with Crippen LogP contribution in [0.15, 0.2) is 33.9 Å². The summed E-state index contributed by atoms with van der Waals surface area (Å²) < 4.78 is 2.87. The third-order valence-electron chi connectivity index (χ3n) is 5.18. The van der Waals surface area contributed by atoms with E-state index in [4.69, 9.17) is 5.11 Å². The Bertz CT molecular complexity index is 1170. The predicted molar refractivity (Wildman–Crippen MR) is 120 cm³/mol. The standard InChI is InChI=1S/C22H29N5O4/c1-4-10-26-20-18(21(30)27(11-5-2)22(26)31)24-19(25-20)14(3)12-15-6-8-16(9-7-15)23-13-17(28)29/h6-9,14,23H,4-5,10-13H2,1-3H3,(H,24,25)(H,28,29). The largest absolute Gasteiger partial charge is 0.480 e. The molecule has 3 aromatic rings. The van der Waals surface area contributed by atoms with Crippen LogP contribution in [0.2, 0.25) is 0 Å². The highest BCUT2D eigenvalue weighted by Crippen LogP contribution is 2.21. The van der Waals surface area contributed by atoms with E-state index < -0.39 is 5.97 Å². The van der Waals surface area contributed by atoms with Crippen LogP contribution in [0.4, 0.5) is 5.69 Å². The van der Waals surface area contributed by atoms with Crippen LogP contribution in [0.25, 0.3) is 11.2 Å². The Morgan fingerprint density at radius 1 is 1.13 bits per heavy atom. The highest BCUT2D eigenvalue weighted by molar-refractivity contribution is 5.72. The number of aliphatic carboxylic acids is 1. The molecule has 2 aromatic heterocycles. The number of nitrogens with one attached hydrogen (secondary N) is 2. The monoisotopic (exact) mass is 427 g/mol. The van der Waals surface area contributed by atoms with Crippen molar-refractivity contribution in [2.24, 2.45) is 0 Å². The molecule has 0 aliphatic heterocycles. The molecule has 0 bridgehead atoms. The van der Waals surface area contributed by atoms with E-state index in [0.717, 1.165) is 17.7 Å². The number of aromatic amines is 1. The number of benzene rings is 1. The van der Waals surface area contributed by atoms with Gasteiger partial charge in [-0.3, -0.25) is 18.7 Å². The van der Waals surface area contributed by atoms with E-state index >= 15 is 0 Å². The first kappa shape index (κ1) is 22.3. The van der Waals surface area contributed by atoms with Crippen LogP contribution in [0.5, 0.6) is 0 Å². The number of imidazole rings is 1. The molecular weight excluding hydrogens is 398 g/mol. The van der Waals surface area contributed by atoms with E-state index in [1.54, 1.807) is 4.57 Å². The molecule has 0 saturated carbocycles. The van der Waals surface area contributed by atoms with E-state index in [9.17, 15) is 14.4 Å². The van der Waals surface area contributed by atoms with Crippen LogP contribution >= 0.6 is 0 Å². The number of aromatic nitrogens is 4. The molecule has 1 aromatic carbocycles. The lowest BCUT2D eigenvalue weighted by Gasteiger charge is -2.10. The number of H-pyrrole nitrogens is 1. The maximum atomic E-state index is 12.9. The smallest absolute Gasteiger partial charge is 0.332 e. The van der Waals surface area contributed by atoms with Gasteiger partial charge in [0, 0.05) is 24.7 Å².